The molecular formula is C13H13N3O. The molecule has 0 unspecified atom stereocenters. The number of amidine groups is 1. The molecule has 4 heteroatoms. The summed E-state index contributed by atoms with van der Waals surface area (Å²) in [6.07, 6.45) is -0.0801. The predicted octanol–water partition coefficient (Wildman–Crippen LogP) is 2.10. The van der Waals surface area contributed by atoms with Gasteiger partial charge in [0.1, 0.15) is 5.84 Å². The van der Waals surface area contributed by atoms with Gasteiger partial charge in [-0.2, -0.15) is 0 Å². The average Bonchev–Trinajstić information content (AvgIpc) is 2.28. The molecule has 0 heterocycles. The molecule has 17 heavy (non-hydrogen) atoms. The number of hydrogen-bond donors (Lipinski definition) is 3. The van der Waals surface area contributed by atoms with E-state index >= 15 is 0 Å². The van der Waals surface area contributed by atoms with E-state index in [1.54, 1.807) is 0 Å². The summed E-state index contributed by atoms with van der Waals surface area (Å²) in [5, 5.41) is 11.9. The fraction of sp³-hybridized carbons (Fsp3) is 0.0769. The number of carbonyl (C=O) groups is 1. The quantitative estimate of drug-likeness (QED) is 0.554. The van der Waals surface area contributed by atoms with Crippen molar-refractivity contribution in [3.8, 4) is 0 Å². The third kappa shape index (κ3) is 2.60. The SMILES string of the molecule is N=C(N)CC(=O)Nc1cccc2ccccc12. The van der Waals surface area contributed by atoms with E-state index in [4.69, 9.17) is 11.1 Å². The van der Waals surface area contributed by atoms with E-state index in [-0.39, 0.29) is 18.2 Å². The number of rotatable bonds is 3. The van der Waals surface area contributed by atoms with Gasteiger partial charge in [-0.05, 0) is 11.5 Å². The van der Waals surface area contributed by atoms with Crippen LogP contribution in [0.3, 0.4) is 0 Å². The fourth-order valence-electron chi connectivity index (χ4n) is 1.70. The summed E-state index contributed by atoms with van der Waals surface area (Å²) >= 11 is 0. The van der Waals surface area contributed by atoms with Gasteiger partial charge in [0.15, 0.2) is 0 Å². The van der Waals surface area contributed by atoms with E-state index in [1.165, 1.54) is 0 Å². The fourth-order valence-corrected chi connectivity index (χ4v) is 1.70. The van der Waals surface area contributed by atoms with Crippen LogP contribution in [0.5, 0.6) is 0 Å². The van der Waals surface area contributed by atoms with Crippen molar-refractivity contribution in [3.63, 3.8) is 0 Å². The molecule has 0 fully saturated rings. The molecule has 0 atom stereocenters. The van der Waals surface area contributed by atoms with Gasteiger partial charge in [0, 0.05) is 11.1 Å². The van der Waals surface area contributed by atoms with Crippen molar-refractivity contribution in [2.45, 2.75) is 6.42 Å². The Balaban J connectivity index is 2.30. The Bertz CT molecular complexity index is 572. The average molecular weight is 227 g/mol. The number of anilines is 1. The number of nitrogens with two attached hydrogens (primary N) is 1. The molecule has 0 bridgehead atoms. The zero-order valence-electron chi connectivity index (χ0n) is 9.23. The lowest BCUT2D eigenvalue weighted by Gasteiger charge is -2.08. The summed E-state index contributed by atoms with van der Waals surface area (Å²) in [5.74, 6) is -0.406. The first kappa shape index (κ1) is 11.1. The highest BCUT2D eigenvalue weighted by Gasteiger charge is 2.06. The first-order valence-corrected chi connectivity index (χ1v) is 5.27. The first-order chi connectivity index (χ1) is 8.16. The molecule has 0 aliphatic heterocycles. The lowest BCUT2D eigenvalue weighted by Crippen LogP contribution is -2.21. The molecule has 0 spiro atoms. The van der Waals surface area contributed by atoms with Crippen LogP contribution in [0, 0.1) is 5.41 Å². The van der Waals surface area contributed by atoms with Crippen molar-refractivity contribution in [3.05, 3.63) is 42.5 Å². The van der Waals surface area contributed by atoms with Crippen LogP contribution in [-0.4, -0.2) is 11.7 Å². The Morgan fingerprint density at radius 1 is 1.18 bits per heavy atom. The third-order valence-electron chi connectivity index (χ3n) is 2.41. The van der Waals surface area contributed by atoms with Crippen LogP contribution in [0.2, 0.25) is 0 Å². The monoisotopic (exact) mass is 227 g/mol. The van der Waals surface area contributed by atoms with Gasteiger partial charge < -0.3 is 11.1 Å². The minimum atomic E-state index is -0.270. The summed E-state index contributed by atoms with van der Waals surface area (Å²) in [4.78, 5) is 11.5. The minimum Gasteiger partial charge on any atom is -0.387 e. The molecule has 0 radical (unpaired) electrons. The van der Waals surface area contributed by atoms with E-state index < -0.39 is 0 Å². The number of hydrogen-bond acceptors (Lipinski definition) is 2. The van der Waals surface area contributed by atoms with Crippen molar-refractivity contribution >= 4 is 28.2 Å². The lowest BCUT2D eigenvalue weighted by atomic mass is 10.1. The summed E-state index contributed by atoms with van der Waals surface area (Å²) in [5.41, 5.74) is 5.93. The Hall–Kier alpha value is -2.36. The molecule has 0 saturated carbocycles. The van der Waals surface area contributed by atoms with Gasteiger partial charge in [0.25, 0.3) is 0 Å². The second-order valence-electron chi connectivity index (χ2n) is 3.78. The van der Waals surface area contributed by atoms with E-state index in [0.29, 0.717) is 0 Å². The summed E-state index contributed by atoms with van der Waals surface area (Å²) < 4.78 is 0. The summed E-state index contributed by atoms with van der Waals surface area (Å²) in [7, 11) is 0. The van der Waals surface area contributed by atoms with Crippen LogP contribution in [0.15, 0.2) is 42.5 Å². The molecule has 0 aromatic heterocycles. The molecule has 4 N–H and O–H groups in total. The van der Waals surface area contributed by atoms with Crippen LogP contribution in [-0.2, 0) is 4.79 Å². The van der Waals surface area contributed by atoms with E-state index in [0.717, 1.165) is 16.5 Å². The molecule has 1 amide bonds. The highest BCUT2D eigenvalue weighted by Crippen LogP contribution is 2.22. The second kappa shape index (κ2) is 4.65. The zero-order valence-corrected chi connectivity index (χ0v) is 9.23. The highest BCUT2D eigenvalue weighted by atomic mass is 16.1. The Morgan fingerprint density at radius 3 is 2.65 bits per heavy atom. The number of carbonyl (C=O) groups excluding carboxylic acids is 1. The van der Waals surface area contributed by atoms with Gasteiger partial charge in [-0.25, -0.2) is 0 Å². The third-order valence-corrected chi connectivity index (χ3v) is 2.41. The minimum absolute atomic E-state index is 0.0801. The Kier molecular flexibility index (Phi) is 3.05. The zero-order chi connectivity index (χ0) is 12.3. The van der Waals surface area contributed by atoms with Crippen LogP contribution in [0.25, 0.3) is 10.8 Å². The first-order valence-electron chi connectivity index (χ1n) is 5.27. The molecule has 2 aromatic carbocycles. The van der Waals surface area contributed by atoms with Crippen molar-refractivity contribution in [2.24, 2.45) is 5.73 Å². The highest BCUT2D eigenvalue weighted by molar-refractivity contribution is 6.08. The predicted molar refractivity (Wildman–Crippen MR) is 69.1 cm³/mol. The van der Waals surface area contributed by atoms with Gasteiger partial charge in [0.2, 0.25) is 5.91 Å². The van der Waals surface area contributed by atoms with Gasteiger partial charge in [-0.15, -0.1) is 0 Å². The number of benzene rings is 2. The van der Waals surface area contributed by atoms with E-state index in [9.17, 15) is 4.79 Å². The van der Waals surface area contributed by atoms with Crippen molar-refractivity contribution in [1.29, 1.82) is 5.41 Å². The van der Waals surface area contributed by atoms with Gasteiger partial charge >= 0.3 is 0 Å². The normalized spacial score (nSPS) is 10.1. The van der Waals surface area contributed by atoms with Gasteiger partial charge in [-0.1, -0.05) is 36.4 Å². The topological polar surface area (TPSA) is 79.0 Å². The van der Waals surface area contributed by atoms with Crippen LogP contribution >= 0.6 is 0 Å². The Morgan fingerprint density at radius 2 is 1.88 bits per heavy atom. The Labute approximate surface area is 98.9 Å². The molecule has 0 aliphatic carbocycles. The molecule has 2 rings (SSSR count). The van der Waals surface area contributed by atoms with Crippen LogP contribution < -0.4 is 11.1 Å². The molecule has 0 saturated heterocycles. The molecule has 0 aliphatic rings. The standard InChI is InChI=1S/C13H13N3O/c14-12(15)8-13(17)16-11-7-3-5-9-4-1-2-6-10(9)11/h1-7H,8H2,(H3,14,15)(H,16,17). The van der Waals surface area contributed by atoms with Gasteiger partial charge in [0.05, 0.1) is 6.42 Å². The van der Waals surface area contributed by atoms with E-state index in [1.807, 2.05) is 42.5 Å². The second-order valence-corrected chi connectivity index (χ2v) is 3.78. The summed E-state index contributed by atoms with van der Waals surface area (Å²) in [6, 6.07) is 13.5. The van der Waals surface area contributed by atoms with Crippen LogP contribution in [0.1, 0.15) is 6.42 Å². The number of fused-ring (bicyclic) bond motifs is 1. The summed E-state index contributed by atoms with van der Waals surface area (Å²) in [6.45, 7) is 0. The largest absolute Gasteiger partial charge is 0.387 e. The van der Waals surface area contributed by atoms with Gasteiger partial charge in [-0.3, -0.25) is 10.2 Å². The maximum Gasteiger partial charge on any atom is 0.231 e. The maximum atomic E-state index is 11.5. The molecule has 86 valence electrons. The number of nitrogens with one attached hydrogen (secondary N) is 2. The van der Waals surface area contributed by atoms with Crippen molar-refractivity contribution in [1.82, 2.24) is 0 Å². The smallest absolute Gasteiger partial charge is 0.231 e. The van der Waals surface area contributed by atoms with Crippen LogP contribution in [0.4, 0.5) is 5.69 Å². The van der Waals surface area contributed by atoms with Crippen molar-refractivity contribution < 1.29 is 4.79 Å². The molecule has 4 nitrogen and oxygen atoms in total. The molecular weight excluding hydrogens is 214 g/mol. The maximum absolute atomic E-state index is 11.5. The molecule has 2 aromatic rings. The lowest BCUT2D eigenvalue weighted by molar-refractivity contribution is -0.115. The van der Waals surface area contributed by atoms with E-state index in [2.05, 4.69) is 5.32 Å². The number of amides is 1. The van der Waals surface area contributed by atoms with Crippen molar-refractivity contribution in [2.75, 3.05) is 5.32 Å².